The van der Waals surface area contributed by atoms with Crippen LogP contribution in [0.2, 0.25) is 0 Å². The molecular weight excluding hydrogens is 788 g/mol. The molecule has 0 aliphatic carbocycles. The van der Waals surface area contributed by atoms with E-state index in [1.165, 1.54) is 27.9 Å². The number of nitrogens with zero attached hydrogens (tertiary/aromatic N) is 1. The van der Waals surface area contributed by atoms with Crippen LogP contribution >= 0.6 is 0 Å². The SMILES string of the molecule is CC(=O)O.CC[C@H]1OC(=O)[C@H](C)[C@@H](O[C@H]2C[C@@](C)(OC)[C@@H](O)[C@H](C)O2)[C@@H](C)[C@@H](O[C@@H]2O[C@H](C)C[C@H](N(C)C)[C@H]2O)[C@](C)(O)C[C@@H](C)C(=O)[C@H](C)[C@H](O)[C@]1(C)O.[Zn]. The van der Waals surface area contributed by atoms with E-state index >= 15 is 0 Å². The minimum atomic E-state index is -1.99. The molecule has 3 fully saturated rings. The Labute approximate surface area is 345 Å². The smallest absolute Gasteiger partial charge is 0.311 e. The van der Waals surface area contributed by atoms with Crippen LogP contribution in [0.5, 0.6) is 0 Å². The zero-order valence-corrected chi connectivity index (χ0v) is 39.0. The number of Topliss-reactive ketones (excluding diaryl/α,β-unsaturated/α-hetero) is 1. The molecule has 0 saturated carbocycles. The average molecular weight is 859 g/mol. The summed E-state index contributed by atoms with van der Waals surface area (Å²) < 4.78 is 37.1. The largest absolute Gasteiger partial charge is 0.481 e. The molecule has 0 amide bonds. The van der Waals surface area contributed by atoms with Crippen molar-refractivity contribution in [2.45, 2.75) is 186 Å². The molecule has 17 heteroatoms. The first-order chi connectivity index (χ1) is 25.2. The molecule has 0 radical (unpaired) electrons. The number of rotatable bonds is 7. The van der Waals surface area contributed by atoms with E-state index in [4.69, 9.17) is 38.3 Å². The molecule has 56 heavy (non-hydrogen) atoms. The van der Waals surface area contributed by atoms with Crippen LogP contribution in [0.1, 0.15) is 102 Å². The number of aliphatic hydroxyl groups is 5. The van der Waals surface area contributed by atoms with Crippen LogP contribution in [-0.2, 0) is 62.3 Å². The molecule has 0 aromatic rings. The molecule has 0 unspecified atom stereocenters. The van der Waals surface area contributed by atoms with Crippen LogP contribution in [0.15, 0.2) is 0 Å². The molecule has 6 N–H and O–H groups in total. The van der Waals surface area contributed by atoms with Gasteiger partial charge in [-0.3, -0.25) is 14.4 Å². The van der Waals surface area contributed by atoms with E-state index in [0.29, 0.717) is 6.42 Å². The van der Waals surface area contributed by atoms with Gasteiger partial charge in [0.2, 0.25) is 0 Å². The molecule has 0 aromatic heterocycles. The number of ketones is 1. The molecule has 0 aromatic carbocycles. The van der Waals surface area contributed by atoms with Gasteiger partial charge in [0, 0.05) is 63.7 Å². The van der Waals surface area contributed by atoms with Crippen molar-refractivity contribution in [3.05, 3.63) is 0 Å². The number of likely N-dealkylation sites (N-methyl/N-ethyl adjacent to an activating group) is 1. The Balaban J connectivity index is 0.00000298. The van der Waals surface area contributed by atoms with Crippen LogP contribution in [0.25, 0.3) is 0 Å². The van der Waals surface area contributed by atoms with Gasteiger partial charge >= 0.3 is 5.97 Å². The molecule has 18 atom stereocenters. The first-order valence-electron chi connectivity index (χ1n) is 19.4. The predicted octanol–water partition coefficient (Wildman–Crippen LogP) is 1.87. The maximum absolute atomic E-state index is 14.1. The van der Waals surface area contributed by atoms with Crippen molar-refractivity contribution in [1.82, 2.24) is 4.90 Å². The number of carbonyl (C=O) groups is 3. The topological polar surface area (TPSA) is 231 Å². The number of aliphatic carboxylic acids is 1. The standard InChI is InChI=1S/C37H67NO13.C2H4O2.Zn/c1-14-25-37(10,45)30(41)20(4)27(39)18(2)16-35(8,44)32(51-34-28(40)24(38(11)12)15-19(3)47-34)21(5)29(22(6)33(43)49-25)50-26-17-36(9,46-13)31(42)23(7)48-26;1-2(3)4;/h18-26,28-32,34,40-42,44-45H,14-17H2,1-13H3;1H3,(H,3,4);/t18-,19-,20+,21-,22-,23+,24+,25-,26+,28-,29+,30+,31+,32-,34+,35-,36-,37-;;/m1../s1. The molecule has 324 valence electrons. The molecular formula is C39H71NO15Zn. The van der Waals surface area contributed by atoms with Crippen molar-refractivity contribution >= 4 is 17.7 Å². The van der Waals surface area contributed by atoms with Gasteiger partial charge in [-0.1, -0.05) is 27.7 Å². The third kappa shape index (κ3) is 12.7. The number of hydrogen-bond donors (Lipinski definition) is 6. The number of aliphatic hydroxyl groups excluding tert-OH is 3. The summed E-state index contributed by atoms with van der Waals surface area (Å²) in [6.45, 7) is 17.4. The summed E-state index contributed by atoms with van der Waals surface area (Å²) in [5.41, 5.74) is -4.84. The number of methoxy groups -OCH3 is 1. The summed E-state index contributed by atoms with van der Waals surface area (Å²) in [6.07, 6.45) is -9.71. The van der Waals surface area contributed by atoms with Gasteiger partial charge in [0.05, 0.1) is 47.6 Å². The number of carbonyl (C=O) groups excluding carboxylic acids is 2. The quantitative estimate of drug-likeness (QED) is 0.159. The monoisotopic (exact) mass is 857 g/mol. The van der Waals surface area contributed by atoms with Crippen molar-refractivity contribution in [2.75, 3.05) is 21.2 Å². The van der Waals surface area contributed by atoms with Crippen molar-refractivity contribution < 1.29 is 92.9 Å². The van der Waals surface area contributed by atoms with E-state index < -0.39 is 114 Å². The van der Waals surface area contributed by atoms with Gasteiger partial charge in [0.25, 0.3) is 5.97 Å². The van der Waals surface area contributed by atoms with E-state index in [9.17, 15) is 35.1 Å². The summed E-state index contributed by atoms with van der Waals surface area (Å²) in [4.78, 5) is 38.8. The van der Waals surface area contributed by atoms with Crippen LogP contribution in [0.4, 0.5) is 0 Å². The van der Waals surface area contributed by atoms with Gasteiger partial charge in [-0.05, 0) is 74.9 Å². The van der Waals surface area contributed by atoms with Gasteiger partial charge in [0.1, 0.15) is 29.7 Å². The molecule has 0 spiro atoms. The Hall–Kier alpha value is -1.21. The average Bonchev–Trinajstić information content (AvgIpc) is 3.08. The van der Waals surface area contributed by atoms with Gasteiger partial charge in [-0.15, -0.1) is 0 Å². The predicted molar refractivity (Wildman–Crippen MR) is 200 cm³/mol. The van der Waals surface area contributed by atoms with E-state index in [0.717, 1.165) is 6.92 Å². The molecule has 3 rings (SSSR count). The van der Waals surface area contributed by atoms with E-state index in [1.807, 2.05) is 25.9 Å². The fourth-order valence-electron chi connectivity index (χ4n) is 8.41. The minimum Gasteiger partial charge on any atom is -0.481 e. The Morgan fingerprint density at radius 1 is 0.911 bits per heavy atom. The number of cyclic esters (lactones) is 1. The van der Waals surface area contributed by atoms with Gasteiger partial charge in [0.15, 0.2) is 12.6 Å². The maximum Gasteiger partial charge on any atom is 0.311 e. The second-order valence-corrected chi connectivity index (χ2v) is 17.0. The fourth-order valence-corrected chi connectivity index (χ4v) is 8.41. The second kappa shape index (κ2) is 21.4. The van der Waals surface area contributed by atoms with Crippen LogP contribution in [-0.4, -0.2) is 159 Å². The summed E-state index contributed by atoms with van der Waals surface area (Å²) in [5.74, 6) is -5.81. The van der Waals surface area contributed by atoms with Gasteiger partial charge in [-0.2, -0.15) is 0 Å². The maximum atomic E-state index is 14.1. The third-order valence-electron chi connectivity index (χ3n) is 11.8. The molecule has 3 heterocycles. The Kier molecular flexibility index (Phi) is 20.1. The van der Waals surface area contributed by atoms with Gasteiger partial charge in [-0.25, -0.2) is 0 Å². The number of ether oxygens (including phenoxy) is 6. The minimum absolute atomic E-state index is 0. The van der Waals surface area contributed by atoms with E-state index in [1.54, 1.807) is 41.5 Å². The van der Waals surface area contributed by atoms with Crippen LogP contribution in [0.3, 0.4) is 0 Å². The summed E-state index contributed by atoms with van der Waals surface area (Å²) in [5, 5.41) is 65.0. The summed E-state index contributed by atoms with van der Waals surface area (Å²) in [6, 6.07) is -0.324. The van der Waals surface area contributed by atoms with Crippen molar-refractivity contribution in [3.8, 4) is 0 Å². The van der Waals surface area contributed by atoms with Gasteiger partial charge < -0.3 is 64.0 Å². The molecule has 3 saturated heterocycles. The zero-order valence-electron chi connectivity index (χ0n) is 36.0. The van der Waals surface area contributed by atoms with Crippen molar-refractivity contribution in [1.29, 1.82) is 0 Å². The van der Waals surface area contributed by atoms with Crippen molar-refractivity contribution in [2.24, 2.45) is 23.7 Å². The fraction of sp³-hybridized carbons (Fsp3) is 0.923. The number of esters is 1. The molecule has 3 aliphatic rings. The summed E-state index contributed by atoms with van der Waals surface area (Å²) in [7, 11) is 5.18. The van der Waals surface area contributed by atoms with Crippen LogP contribution in [0, 0.1) is 23.7 Å². The third-order valence-corrected chi connectivity index (χ3v) is 11.8. The number of carboxylic acid groups (broad SMARTS) is 1. The Morgan fingerprint density at radius 3 is 1.96 bits per heavy atom. The number of hydrogen-bond acceptors (Lipinski definition) is 15. The normalized spacial score (nSPS) is 45.8. The Bertz CT molecular complexity index is 1270. The van der Waals surface area contributed by atoms with Crippen LogP contribution < -0.4 is 0 Å². The zero-order chi connectivity index (χ0) is 42.5. The molecule has 3 aliphatic heterocycles. The number of carboxylic acids is 1. The molecule has 0 bridgehead atoms. The first-order valence-corrected chi connectivity index (χ1v) is 19.4. The summed E-state index contributed by atoms with van der Waals surface area (Å²) >= 11 is 0. The Morgan fingerprint density at radius 2 is 1.46 bits per heavy atom. The first kappa shape index (κ1) is 52.8. The van der Waals surface area contributed by atoms with Crippen molar-refractivity contribution in [3.63, 3.8) is 0 Å². The van der Waals surface area contributed by atoms with E-state index in [-0.39, 0.29) is 50.9 Å². The second-order valence-electron chi connectivity index (χ2n) is 17.0. The van der Waals surface area contributed by atoms with E-state index in [2.05, 4.69) is 0 Å². The molecule has 16 nitrogen and oxygen atoms in total.